The van der Waals surface area contributed by atoms with Gasteiger partial charge in [-0.25, -0.2) is 18.5 Å². The molecule has 27 heavy (non-hydrogen) atoms. The number of primary sulfonamides is 1. The van der Waals surface area contributed by atoms with Gasteiger partial charge < -0.3 is 9.88 Å². The minimum Gasteiger partial charge on any atom is -0.325 e. The molecule has 0 aliphatic carbocycles. The fraction of sp³-hybridized carbons (Fsp3) is 0.222. The van der Waals surface area contributed by atoms with Gasteiger partial charge in [0.2, 0.25) is 15.9 Å². The van der Waals surface area contributed by atoms with Gasteiger partial charge in [0, 0.05) is 12.7 Å². The summed E-state index contributed by atoms with van der Waals surface area (Å²) in [6.45, 7) is 3.91. The quantitative estimate of drug-likeness (QED) is 0.636. The van der Waals surface area contributed by atoms with E-state index in [4.69, 9.17) is 5.14 Å². The molecule has 1 heterocycles. The van der Waals surface area contributed by atoms with Crippen molar-refractivity contribution in [2.75, 3.05) is 11.1 Å². The molecule has 3 rings (SSSR count). The van der Waals surface area contributed by atoms with E-state index in [1.165, 1.54) is 23.9 Å². The molecule has 0 aliphatic heterocycles. The first-order valence-electron chi connectivity index (χ1n) is 8.14. The minimum atomic E-state index is -3.79. The summed E-state index contributed by atoms with van der Waals surface area (Å²) in [6.07, 6.45) is 0. The van der Waals surface area contributed by atoms with Gasteiger partial charge in [-0.15, -0.1) is 0 Å². The summed E-state index contributed by atoms with van der Waals surface area (Å²) >= 11 is 1.28. The van der Waals surface area contributed by atoms with E-state index in [1.807, 2.05) is 43.7 Å². The van der Waals surface area contributed by atoms with Crippen molar-refractivity contribution in [3.05, 3.63) is 47.5 Å². The van der Waals surface area contributed by atoms with E-state index in [-0.39, 0.29) is 16.6 Å². The van der Waals surface area contributed by atoms with Crippen LogP contribution in [0.3, 0.4) is 0 Å². The summed E-state index contributed by atoms with van der Waals surface area (Å²) in [6, 6.07) is 10.4. The average molecular weight is 405 g/mol. The first-order valence-corrected chi connectivity index (χ1v) is 10.7. The van der Waals surface area contributed by atoms with Gasteiger partial charge in [-0.2, -0.15) is 0 Å². The maximum atomic E-state index is 12.3. The number of benzene rings is 2. The first kappa shape index (κ1) is 19.4. The summed E-state index contributed by atoms with van der Waals surface area (Å²) in [7, 11) is -1.97. The van der Waals surface area contributed by atoms with Gasteiger partial charge in [0.25, 0.3) is 0 Å². The van der Waals surface area contributed by atoms with Crippen LogP contribution in [-0.4, -0.2) is 29.6 Å². The lowest BCUT2D eigenvalue weighted by atomic mass is 10.1. The second-order valence-corrected chi connectivity index (χ2v) is 8.81. The Morgan fingerprint density at radius 1 is 1.22 bits per heavy atom. The fourth-order valence-electron chi connectivity index (χ4n) is 2.65. The van der Waals surface area contributed by atoms with Crippen LogP contribution < -0.4 is 10.5 Å². The predicted molar refractivity (Wildman–Crippen MR) is 107 cm³/mol. The highest BCUT2D eigenvalue weighted by atomic mass is 32.2. The Hall–Kier alpha value is -2.36. The molecule has 0 saturated heterocycles. The zero-order chi connectivity index (χ0) is 19.8. The number of aromatic nitrogens is 2. The van der Waals surface area contributed by atoms with Crippen LogP contribution >= 0.6 is 11.8 Å². The number of thioether (sulfide) groups is 1. The molecule has 0 atom stereocenters. The van der Waals surface area contributed by atoms with Gasteiger partial charge in [0.1, 0.15) is 0 Å². The molecular formula is C18H20N4O3S2. The molecule has 0 radical (unpaired) electrons. The molecule has 7 nitrogen and oxygen atoms in total. The third kappa shape index (κ3) is 4.32. The standard InChI is InChI=1S/C18H20N4O3S2/c1-11-4-5-12(2)14(8-11)20-17(23)10-26-18-21-15-9-13(27(19,24)25)6-7-16(15)22(18)3/h4-9H,10H2,1-3H3,(H,20,23)(H2,19,24,25). The number of hydrogen-bond donors (Lipinski definition) is 2. The van der Waals surface area contributed by atoms with E-state index in [0.717, 1.165) is 22.3 Å². The number of nitrogens with two attached hydrogens (primary N) is 1. The Morgan fingerprint density at radius 3 is 2.67 bits per heavy atom. The second-order valence-electron chi connectivity index (χ2n) is 6.30. The number of rotatable bonds is 5. The van der Waals surface area contributed by atoms with Gasteiger partial charge in [0.15, 0.2) is 5.16 Å². The highest BCUT2D eigenvalue weighted by Gasteiger charge is 2.14. The third-order valence-corrected chi connectivity index (χ3v) is 6.08. The third-order valence-electron chi connectivity index (χ3n) is 4.14. The van der Waals surface area contributed by atoms with Crippen molar-refractivity contribution in [2.45, 2.75) is 23.9 Å². The van der Waals surface area contributed by atoms with Crippen molar-refractivity contribution in [3.8, 4) is 0 Å². The molecule has 142 valence electrons. The van der Waals surface area contributed by atoms with Crippen LogP contribution in [0.2, 0.25) is 0 Å². The summed E-state index contributed by atoms with van der Waals surface area (Å²) in [5, 5.41) is 8.70. The molecule has 0 unspecified atom stereocenters. The van der Waals surface area contributed by atoms with E-state index in [1.54, 1.807) is 6.07 Å². The number of amides is 1. The van der Waals surface area contributed by atoms with Crippen molar-refractivity contribution >= 4 is 44.4 Å². The molecular weight excluding hydrogens is 384 g/mol. The Bertz CT molecular complexity index is 1140. The molecule has 0 saturated carbocycles. The molecule has 1 amide bonds. The first-order chi connectivity index (χ1) is 12.6. The molecule has 0 fully saturated rings. The monoisotopic (exact) mass is 404 g/mol. The van der Waals surface area contributed by atoms with E-state index in [0.29, 0.717) is 10.7 Å². The minimum absolute atomic E-state index is 0.0114. The number of nitrogens with zero attached hydrogens (tertiary/aromatic N) is 2. The molecule has 2 aromatic carbocycles. The lowest BCUT2D eigenvalue weighted by Crippen LogP contribution is -2.15. The zero-order valence-electron chi connectivity index (χ0n) is 15.2. The highest BCUT2D eigenvalue weighted by molar-refractivity contribution is 7.99. The predicted octanol–water partition coefficient (Wildman–Crippen LogP) is 2.57. The van der Waals surface area contributed by atoms with Crippen LogP contribution in [0.25, 0.3) is 11.0 Å². The van der Waals surface area contributed by atoms with E-state index < -0.39 is 10.0 Å². The van der Waals surface area contributed by atoms with Crippen LogP contribution in [0.1, 0.15) is 11.1 Å². The van der Waals surface area contributed by atoms with Crippen molar-refractivity contribution < 1.29 is 13.2 Å². The van der Waals surface area contributed by atoms with Crippen LogP contribution in [0.15, 0.2) is 46.5 Å². The number of imidazole rings is 1. The largest absolute Gasteiger partial charge is 0.325 e. The number of nitrogens with one attached hydrogen (secondary N) is 1. The lowest BCUT2D eigenvalue weighted by Gasteiger charge is -2.09. The number of aryl methyl sites for hydroxylation is 3. The molecule has 3 aromatic rings. The van der Waals surface area contributed by atoms with Gasteiger partial charge >= 0.3 is 0 Å². The number of hydrogen-bond acceptors (Lipinski definition) is 5. The van der Waals surface area contributed by atoms with Gasteiger partial charge in [-0.05, 0) is 49.2 Å². The van der Waals surface area contributed by atoms with E-state index in [2.05, 4.69) is 10.3 Å². The zero-order valence-corrected chi connectivity index (χ0v) is 16.8. The van der Waals surface area contributed by atoms with Crippen LogP contribution in [0, 0.1) is 13.8 Å². The smallest absolute Gasteiger partial charge is 0.238 e. The maximum Gasteiger partial charge on any atom is 0.238 e. The maximum absolute atomic E-state index is 12.3. The van der Waals surface area contributed by atoms with Crippen LogP contribution in [-0.2, 0) is 21.9 Å². The van der Waals surface area contributed by atoms with Crippen molar-refractivity contribution in [2.24, 2.45) is 12.2 Å². The molecule has 0 bridgehead atoms. The Labute approximate surface area is 162 Å². The summed E-state index contributed by atoms with van der Waals surface area (Å²) < 4.78 is 24.8. The van der Waals surface area contributed by atoms with Crippen molar-refractivity contribution in [3.63, 3.8) is 0 Å². The Kier molecular flexibility index (Phi) is 5.27. The van der Waals surface area contributed by atoms with Crippen molar-refractivity contribution in [1.82, 2.24) is 9.55 Å². The Morgan fingerprint density at radius 2 is 1.96 bits per heavy atom. The Balaban J connectivity index is 1.75. The van der Waals surface area contributed by atoms with E-state index >= 15 is 0 Å². The van der Waals surface area contributed by atoms with Crippen molar-refractivity contribution in [1.29, 1.82) is 0 Å². The van der Waals surface area contributed by atoms with Crippen LogP contribution in [0.4, 0.5) is 5.69 Å². The summed E-state index contributed by atoms with van der Waals surface area (Å²) in [4.78, 5) is 16.7. The van der Waals surface area contributed by atoms with Gasteiger partial charge in [-0.3, -0.25) is 4.79 Å². The fourth-order valence-corrected chi connectivity index (χ4v) is 3.97. The normalized spacial score (nSPS) is 11.7. The summed E-state index contributed by atoms with van der Waals surface area (Å²) in [5.41, 5.74) is 4.14. The number of fused-ring (bicyclic) bond motifs is 1. The number of carbonyl (C=O) groups excluding carboxylic acids is 1. The molecule has 9 heteroatoms. The molecule has 3 N–H and O–H groups in total. The molecule has 0 spiro atoms. The topological polar surface area (TPSA) is 107 Å². The van der Waals surface area contributed by atoms with Gasteiger partial charge in [0.05, 0.1) is 21.7 Å². The van der Waals surface area contributed by atoms with E-state index in [9.17, 15) is 13.2 Å². The van der Waals surface area contributed by atoms with Gasteiger partial charge in [-0.1, -0.05) is 23.9 Å². The summed E-state index contributed by atoms with van der Waals surface area (Å²) in [5.74, 6) is 0.0537. The second kappa shape index (κ2) is 7.34. The highest BCUT2D eigenvalue weighted by Crippen LogP contribution is 2.25. The molecule has 0 aliphatic rings. The number of carbonyl (C=O) groups is 1. The lowest BCUT2D eigenvalue weighted by molar-refractivity contribution is -0.113. The van der Waals surface area contributed by atoms with Crippen LogP contribution in [0.5, 0.6) is 0 Å². The number of sulfonamides is 1. The SMILES string of the molecule is Cc1ccc(C)c(NC(=O)CSc2nc3cc(S(N)(=O)=O)ccc3n2C)c1. The molecule has 1 aromatic heterocycles. The average Bonchev–Trinajstić information content (AvgIpc) is 2.91. The number of anilines is 1.